The fourth-order valence-corrected chi connectivity index (χ4v) is 3.28. The molecule has 0 bridgehead atoms. The maximum atomic E-state index is 13.0. The van der Waals surface area contributed by atoms with Gasteiger partial charge in [-0.15, -0.1) is 0 Å². The number of rotatable bonds is 4. The van der Waals surface area contributed by atoms with Gasteiger partial charge in [-0.2, -0.15) is 0 Å². The van der Waals surface area contributed by atoms with Crippen molar-refractivity contribution in [2.24, 2.45) is 0 Å². The second-order valence-electron chi connectivity index (χ2n) is 7.08. The molecule has 0 aromatic heterocycles. The SMILES string of the molecule is CC(C)NC(=O)NCc1ccc(C(=O)N2CCCc3c(N)cccc32)cc1. The molecule has 0 aliphatic carbocycles. The summed E-state index contributed by atoms with van der Waals surface area (Å²) in [5, 5.41) is 5.58. The number of hydrogen-bond acceptors (Lipinski definition) is 3. The Labute approximate surface area is 159 Å². The van der Waals surface area contributed by atoms with Gasteiger partial charge >= 0.3 is 6.03 Å². The largest absolute Gasteiger partial charge is 0.398 e. The van der Waals surface area contributed by atoms with Crippen LogP contribution in [0.3, 0.4) is 0 Å². The zero-order chi connectivity index (χ0) is 19.4. The molecule has 142 valence electrons. The van der Waals surface area contributed by atoms with Gasteiger partial charge in [-0.05, 0) is 62.1 Å². The number of anilines is 2. The highest BCUT2D eigenvalue weighted by Gasteiger charge is 2.24. The number of nitrogens with zero attached hydrogens (tertiary/aromatic N) is 1. The minimum atomic E-state index is -0.201. The molecule has 6 nitrogen and oxygen atoms in total. The number of hydrogen-bond donors (Lipinski definition) is 3. The van der Waals surface area contributed by atoms with Crippen LogP contribution in [-0.4, -0.2) is 24.5 Å². The van der Waals surface area contributed by atoms with Gasteiger partial charge in [0.1, 0.15) is 0 Å². The van der Waals surface area contributed by atoms with E-state index >= 15 is 0 Å². The number of urea groups is 1. The molecule has 0 radical (unpaired) electrons. The first-order chi connectivity index (χ1) is 13.0. The Balaban J connectivity index is 1.69. The molecule has 1 aliphatic heterocycles. The van der Waals surface area contributed by atoms with Gasteiger partial charge in [0.15, 0.2) is 0 Å². The lowest BCUT2D eigenvalue weighted by atomic mass is 9.99. The maximum Gasteiger partial charge on any atom is 0.315 e. The van der Waals surface area contributed by atoms with E-state index in [9.17, 15) is 9.59 Å². The molecule has 0 saturated carbocycles. The van der Waals surface area contributed by atoms with Crippen molar-refractivity contribution in [2.75, 3.05) is 17.2 Å². The van der Waals surface area contributed by atoms with Gasteiger partial charge in [0.05, 0.1) is 0 Å². The van der Waals surface area contributed by atoms with Crippen LogP contribution in [0.5, 0.6) is 0 Å². The highest BCUT2D eigenvalue weighted by atomic mass is 16.2. The number of carbonyl (C=O) groups excluding carboxylic acids is 2. The Morgan fingerprint density at radius 2 is 1.89 bits per heavy atom. The van der Waals surface area contributed by atoms with Crippen LogP contribution >= 0.6 is 0 Å². The average molecular weight is 366 g/mol. The van der Waals surface area contributed by atoms with E-state index in [-0.39, 0.29) is 18.0 Å². The smallest absolute Gasteiger partial charge is 0.315 e. The van der Waals surface area contributed by atoms with Crippen molar-refractivity contribution in [3.63, 3.8) is 0 Å². The van der Waals surface area contributed by atoms with Crippen LogP contribution in [0, 0.1) is 0 Å². The van der Waals surface area contributed by atoms with Gasteiger partial charge in [0.25, 0.3) is 5.91 Å². The minimum absolute atomic E-state index is 0.0291. The lowest BCUT2D eigenvalue weighted by molar-refractivity contribution is 0.0985. The van der Waals surface area contributed by atoms with Crippen LogP contribution in [0.15, 0.2) is 42.5 Å². The average Bonchev–Trinajstić information content (AvgIpc) is 2.66. The summed E-state index contributed by atoms with van der Waals surface area (Å²) in [5.74, 6) is -0.0291. The quantitative estimate of drug-likeness (QED) is 0.727. The van der Waals surface area contributed by atoms with Crippen LogP contribution < -0.4 is 21.3 Å². The number of fused-ring (bicyclic) bond motifs is 1. The highest BCUT2D eigenvalue weighted by Crippen LogP contribution is 2.32. The molecule has 0 unspecified atom stereocenters. The van der Waals surface area contributed by atoms with Crippen molar-refractivity contribution in [2.45, 2.75) is 39.3 Å². The van der Waals surface area contributed by atoms with Gasteiger partial charge < -0.3 is 21.3 Å². The number of nitrogens with one attached hydrogen (secondary N) is 2. The predicted molar refractivity (Wildman–Crippen MR) is 108 cm³/mol. The van der Waals surface area contributed by atoms with Crippen LogP contribution in [0.2, 0.25) is 0 Å². The molecular weight excluding hydrogens is 340 g/mol. The molecule has 27 heavy (non-hydrogen) atoms. The predicted octanol–water partition coefficient (Wildman–Crippen LogP) is 3.07. The van der Waals surface area contributed by atoms with E-state index in [0.717, 1.165) is 35.3 Å². The summed E-state index contributed by atoms with van der Waals surface area (Å²) < 4.78 is 0. The Bertz CT molecular complexity index is 831. The third kappa shape index (κ3) is 4.39. The molecule has 6 heteroatoms. The molecule has 3 rings (SSSR count). The normalized spacial score (nSPS) is 13.2. The summed E-state index contributed by atoms with van der Waals surface area (Å²) in [7, 11) is 0. The zero-order valence-electron chi connectivity index (χ0n) is 15.8. The van der Waals surface area contributed by atoms with E-state index in [0.29, 0.717) is 18.7 Å². The van der Waals surface area contributed by atoms with E-state index in [1.165, 1.54) is 0 Å². The van der Waals surface area contributed by atoms with Crippen molar-refractivity contribution < 1.29 is 9.59 Å². The zero-order valence-corrected chi connectivity index (χ0v) is 15.8. The lowest BCUT2D eigenvalue weighted by Crippen LogP contribution is -2.39. The second kappa shape index (κ2) is 8.12. The van der Waals surface area contributed by atoms with Crippen molar-refractivity contribution in [3.05, 3.63) is 59.2 Å². The molecule has 0 saturated heterocycles. The summed E-state index contributed by atoms with van der Waals surface area (Å²) in [6, 6.07) is 13.0. The number of nitrogens with two attached hydrogens (primary N) is 1. The lowest BCUT2D eigenvalue weighted by Gasteiger charge is -2.30. The molecule has 0 spiro atoms. The maximum absolute atomic E-state index is 13.0. The van der Waals surface area contributed by atoms with Crippen LogP contribution in [0.1, 0.15) is 41.8 Å². The Morgan fingerprint density at radius 3 is 2.59 bits per heavy atom. The molecule has 1 aliphatic rings. The molecule has 2 aromatic rings. The Kier molecular flexibility index (Phi) is 5.64. The molecule has 3 amide bonds. The fraction of sp³-hybridized carbons (Fsp3) is 0.333. The van der Waals surface area contributed by atoms with Crippen molar-refractivity contribution in [3.8, 4) is 0 Å². The third-order valence-corrected chi connectivity index (χ3v) is 4.61. The first-order valence-corrected chi connectivity index (χ1v) is 9.28. The standard InChI is InChI=1S/C21H26N4O2/c1-14(2)24-21(27)23-13-15-8-10-16(11-9-15)20(26)25-12-4-5-17-18(22)6-3-7-19(17)25/h3,6-11,14H,4-5,12-13,22H2,1-2H3,(H2,23,24,27). The first-order valence-electron chi connectivity index (χ1n) is 9.28. The van der Waals surface area contributed by atoms with Crippen LogP contribution in [0.4, 0.5) is 16.2 Å². The van der Waals surface area contributed by atoms with E-state index in [4.69, 9.17) is 5.73 Å². The summed E-state index contributed by atoms with van der Waals surface area (Å²) in [5.41, 5.74) is 10.3. The van der Waals surface area contributed by atoms with Gasteiger partial charge in [0, 0.05) is 36.1 Å². The second-order valence-corrected chi connectivity index (χ2v) is 7.08. The van der Waals surface area contributed by atoms with Gasteiger partial charge in [-0.1, -0.05) is 18.2 Å². The molecule has 1 heterocycles. The minimum Gasteiger partial charge on any atom is -0.398 e. The Morgan fingerprint density at radius 1 is 1.15 bits per heavy atom. The molecule has 4 N–H and O–H groups in total. The fourth-order valence-electron chi connectivity index (χ4n) is 3.28. The van der Waals surface area contributed by atoms with E-state index in [2.05, 4.69) is 10.6 Å². The summed E-state index contributed by atoms with van der Waals surface area (Å²) in [6.45, 7) is 4.92. The number of benzene rings is 2. The third-order valence-electron chi connectivity index (χ3n) is 4.61. The van der Waals surface area contributed by atoms with Crippen LogP contribution in [-0.2, 0) is 13.0 Å². The van der Waals surface area contributed by atoms with E-state index < -0.39 is 0 Å². The summed E-state index contributed by atoms with van der Waals surface area (Å²) >= 11 is 0. The number of carbonyl (C=O) groups is 2. The highest BCUT2D eigenvalue weighted by molar-refractivity contribution is 6.07. The van der Waals surface area contributed by atoms with Gasteiger partial charge in [0.2, 0.25) is 0 Å². The topological polar surface area (TPSA) is 87.5 Å². The van der Waals surface area contributed by atoms with Crippen molar-refractivity contribution in [1.82, 2.24) is 10.6 Å². The Hall–Kier alpha value is -3.02. The summed E-state index contributed by atoms with van der Waals surface area (Å²) in [6.07, 6.45) is 1.80. The first kappa shape index (κ1) is 18.8. The molecule has 0 atom stereocenters. The van der Waals surface area contributed by atoms with Crippen LogP contribution in [0.25, 0.3) is 0 Å². The molecule has 2 aromatic carbocycles. The summed E-state index contributed by atoms with van der Waals surface area (Å²) in [4.78, 5) is 26.4. The molecule has 0 fully saturated rings. The monoisotopic (exact) mass is 366 g/mol. The van der Waals surface area contributed by atoms with Crippen molar-refractivity contribution >= 4 is 23.3 Å². The number of nitrogen functional groups attached to an aromatic ring is 1. The number of amides is 3. The van der Waals surface area contributed by atoms with Gasteiger partial charge in [-0.3, -0.25) is 4.79 Å². The molecular formula is C21H26N4O2. The van der Waals surface area contributed by atoms with Crippen molar-refractivity contribution in [1.29, 1.82) is 0 Å². The van der Waals surface area contributed by atoms with E-state index in [1.807, 2.05) is 44.2 Å². The van der Waals surface area contributed by atoms with Gasteiger partial charge in [-0.25, -0.2) is 4.79 Å². The van der Waals surface area contributed by atoms with E-state index in [1.54, 1.807) is 17.0 Å².